The van der Waals surface area contributed by atoms with Crippen molar-refractivity contribution in [2.24, 2.45) is 0 Å². The first-order valence-corrected chi connectivity index (χ1v) is 6.22. The fourth-order valence-electron chi connectivity index (χ4n) is 1.57. The lowest BCUT2D eigenvalue weighted by Gasteiger charge is -2.12. The van der Waals surface area contributed by atoms with E-state index in [2.05, 4.69) is 31.2 Å². The van der Waals surface area contributed by atoms with Crippen LogP contribution in [0.2, 0.25) is 0 Å². The Bertz CT molecular complexity index is 553. The van der Waals surface area contributed by atoms with E-state index in [-0.39, 0.29) is 11.9 Å². The van der Waals surface area contributed by atoms with Crippen molar-refractivity contribution in [2.75, 3.05) is 5.73 Å². The molecule has 1 aromatic carbocycles. The predicted molar refractivity (Wildman–Crippen MR) is 73.0 cm³/mol. The maximum Gasteiger partial charge on any atom is 0.253 e. The highest BCUT2D eigenvalue weighted by molar-refractivity contribution is 9.10. The van der Waals surface area contributed by atoms with Crippen LogP contribution < -0.4 is 11.1 Å². The topological polar surface area (TPSA) is 83.8 Å². The summed E-state index contributed by atoms with van der Waals surface area (Å²) in [6, 6.07) is 4.92. The lowest BCUT2D eigenvalue weighted by atomic mass is 10.2. The highest BCUT2D eigenvalue weighted by Gasteiger charge is 2.15. The average molecular weight is 309 g/mol. The Labute approximate surface area is 113 Å². The van der Waals surface area contributed by atoms with E-state index in [0.717, 1.165) is 0 Å². The van der Waals surface area contributed by atoms with Gasteiger partial charge in [-0.15, -0.1) is 0 Å². The summed E-state index contributed by atoms with van der Waals surface area (Å²) in [6.07, 6.45) is 3.36. The molecule has 0 saturated carbocycles. The summed E-state index contributed by atoms with van der Waals surface area (Å²) in [4.78, 5) is 19.1. The number of imidazole rings is 1. The number of nitrogens with zero attached hydrogens (tertiary/aromatic N) is 1. The van der Waals surface area contributed by atoms with Crippen LogP contribution in [0.4, 0.5) is 5.69 Å². The predicted octanol–water partition coefficient (Wildman–Crippen LogP) is 2.25. The lowest BCUT2D eigenvalue weighted by Crippen LogP contribution is -2.27. The minimum Gasteiger partial charge on any atom is -0.399 e. The van der Waals surface area contributed by atoms with Crippen LogP contribution in [0.1, 0.15) is 29.1 Å². The second-order valence-corrected chi connectivity index (χ2v) is 4.76. The van der Waals surface area contributed by atoms with Crippen molar-refractivity contribution >= 4 is 27.5 Å². The molecule has 1 amide bonds. The van der Waals surface area contributed by atoms with Crippen molar-refractivity contribution < 1.29 is 4.79 Å². The first kappa shape index (κ1) is 12.6. The Morgan fingerprint density at radius 1 is 1.56 bits per heavy atom. The maximum atomic E-state index is 12.1. The zero-order valence-corrected chi connectivity index (χ0v) is 11.4. The Hall–Kier alpha value is -1.82. The molecule has 2 aromatic rings. The highest BCUT2D eigenvalue weighted by Crippen LogP contribution is 2.20. The summed E-state index contributed by atoms with van der Waals surface area (Å²) >= 11 is 3.33. The number of aromatic nitrogens is 2. The molecule has 0 bridgehead atoms. The van der Waals surface area contributed by atoms with Crippen LogP contribution in [-0.2, 0) is 0 Å². The number of hydrogen-bond acceptors (Lipinski definition) is 3. The molecule has 0 aliphatic rings. The van der Waals surface area contributed by atoms with Crippen LogP contribution in [0.3, 0.4) is 0 Å². The number of H-pyrrole nitrogens is 1. The van der Waals surface area contributed by atoms with Gasteiger partial charge in [0.2, 0.25) is 0 Å². The third kappa shape index (κ3) is 2.70. The standard InChI is InChI=1S/C12H13BrN4O/c1-7(11-15-4-5-16-11)17-12(18)9-6-8(14)2-3-10(9)13/h2-7H,14H2,1H3,(H,15,16)(H,17,18). The average Bonchev–Trinajstić information content (AvgIpc) is 2.85. The van der Waals surface area contributed by atoms with Crippen molar-refractivity contribution in [2.45, 2.75) is 13.0 Å². The van der Waals surface area contributed by atoms with E-state index in [1.165, 1.54) is 0 Å². The number of anilines is 1. The molecule has 4 N–H and O–H groups in total. The number of hydrogen-bond donors (Lipinski definition) is 3. The molecule has 5 nitrogen and oxygen atoms in total. The van der Waals surface area contributed by atoms with E-state index in [1.54, 1.807) is 30.6 Å². The summed E-state index contributed by atoms with van der Waals surface area (Å²) in [7, 11) is 0. The van der Waals surface area contributed by atoms with Gasteiger partial charge in [0.1, 0.15) is 5.82 Å². The third-order valence-electron chi connectivity index (χ3n) is 2.51. The smallest absolute Gasteiger partial charge is 0.253 e. The van der Waals surface area contributed by atoms with Crippen LogP contribution in [-0.4, -0.2) is 15.9 Å². The fraction of sp³-hybridized carbons (Fsp3) is 0.167. The molecule has 2 rings (SSSR count). The molecule has 18 heavy (non-hydrogen) atoms. The van der Waals surface area contributed by atoms with Crippen molar-refractivity contribution in [1.29, 1.82) is 0 Å². The highest BCUT2D eigenvalue weighted by atomic mass is 79.9. The monoisotopic (exact) mass is 308 g/mol. The van der Waals surface area contributed by atoms with E-state index in [1.807, 2.05) is 6.92 Å². The molecule has 1 unspecified atom stereocenters. The first-order chi connectivity index (χ1) is 8.58. The molecular weight excluding hydrogens is 296 g/mol. The number of halogens is 1. The van der Waals surface area contributed by atoms with Crippen LogP contribution >= 0.6 is 15.9 Å². The summed E-state index contributed by atoms with van der Waals surface area (Å²) in [5, 5.41) is 2.85. The molecule has 94 valence electrons. The van der Waals surface area contributed by atoms with Gasteiger partial charge in [0.25, 0.3) is 5.91 Å². The zero-order chi connectivity index (χ0) is 13.1. The number of carbonyl (C=O) groups is 1. The molecule has 0 spiro atoms. The molecule has 6 heteroatoms. The van der Waals surface area contributed by atoms with Crippen LogP contribution in [0.15, 0.2) is 35.1 Å². The molecule has 1 aromatic heterocycles. The number of nitrogens with two attached hydrogens (primary N) is 1. The van der Waals surface area contributed by atoms with Crippen LogP contribution in [0.25, 0.3) is 0 Å². The summed E-state index contributed by atoms with van der Waals surface area (Å²) in [5.74, 6) is 0.515. The molecule has 0 fully saturated rings. The minimum absolute atomic E-state index is 0.194. The van der Waals surface area contributed by atoms with Crippen molar-refractivity contribution in [3.05, 3.63) is 46.5 Å². The van der Waals surface area contributed by atoms with Gasteiger partial charge in [-0.2, -0.15) is 0 Å². The van der Waals surface area contributed by atoms with Crippen molar-refractivity contribution in [3.63, 3.8) is 0 Å². The van der Waals surface area contributed by atoms with Crippen molar-refractivity contribution in [1.82, 2.24) is 15.3 Å². The SMILES string of the molecule is CC(NC(=O)c1cc(N)ccc1Br)c1ncc[nH]1. The van der Waals surface area contributed by atoms with E-state index in [4.69, 9.17) is 5.73 Å². The number of carbonyl (C=O) groups excluding carboxylic acids is 1. The third-order valence-corrected chi connectivity index (χ3v) is 3.20. The molecule has 1 atom stereocenters. The minimum atomic E-state index is -0.196. The first-order valence-electron chi connectivity index (χ1n) is 5.43. The maximum absolute atomic E-state index is 12.1. The van der Waals surface area contributed by atoms with Gasteiger partial charge in [0.05, 0.1) is 11.6 Å². The Kier molecular flexibility index (Phi) is 3.66. The lowest BCUT2D eigenvalue weighted by molar-refractivity contribution is 0.0937. The van der Waals surface area contributed by atoms with Gasteiger partial charge in [-0.25, -0.2) is 4.98 Å². The number of nitrogen functional groups attached to an aromatic ring is 1. The Balaban J connectivity index is 2.15. The van der Waals surface area contributed by atoms with Gasteiger partial charge in [0, 0.05) is 22.6 Å². The quantitative estimate of drug-likeness (QED) is 0.760. The Morgan fingerprint density at radius 2 is 2.33 bits per heavy atom. The summed E-state index contributed by atoms with van der Waals surface area (Å²) in [6.45, 7) is 1.86. The normalized spacial score (nSPS) is 12.1. The van der Waals surface area contributed by atoms with Gasteiger partial charge in [-0.3, -0.25) is 4.79 Å². The Morgan fingerprint density at radius 3 is 3.00 bits per heavy atom. The molecule has 1 heterocycles. The van der Waals surface area contributed by atoms with E-state index >= 15 is 0 Å². The molecule has 0 aliphatic heterocycles. The van der Waals surface area contributed by atoms with Gasteiger partial charge in [0.15, 0.2) is 0 Å². The van der Waals surface area contributed by atoms with Crippen LogP contribution in [0.5, 0.6) is 0 Å². The molecule has 0 aliphatic carbocycles. The summed E-state index contributed by atoms with van der Waals surface area (Å²) in [5.41, 5.74) is 6.73. The number of amides is 1. The zero-order valence-electron chi connectivity index (χ0n) is 9.77. The van der Waals surface area contributed by atoms with Gasteiger partial charge in [-0.1, -0.05) is 0 Å². The number of benzene rings is 1. The van der Waals surface area contributed by atoms with E-state index in [9.17, 15) is 4.79 Å². The molecule has 0 radical (unpaired) electrons. The van der Waals surface area contributed by atoms with Gasteiger partial charge in [-0.05, 0) is 41.1 Å². The van der Waals surface area contributed by atoms with Gasteiger partial charge >= 0.3 is 0 Å². The number of nitrogens with one attached hydrogen (secondary N) is 2. The van der Waals surface area contributed by atoms with Gasteiger partial charge < -0.3 is 16.0 Å². The van der Waals surface area contributed by atoms with Crippen LogP contribution in [0, 0.1) is 0 Å². The summed E-state index contributed by atoms with van der Waals surface area (Å²) < 4.78 is 0.709. The molecule has 0 saturated heterocycles. The van der Waals surface area contributed by atoms with E-state index < -0.39 is 0 Å². The number of rotatable bonds is 3. The second-order valence-electron chi connectivity index (χ2n) is 3.91. The largest absolute Gasteiger partial charge is 0.399 e. The molecular formula is C12H13BrN4O. The fourth-order valence-corrected chi connectivity index (χ4v) is 2.00. The van der Waals surface area contributed by atoms with Crippen molar-refractivity contribution in [3.8, 4) is 0 Å². The second kappa shape index (κ2) is 5.22. The van der Waals surface area contributed by atoms with E-state index in [0.29, 0.717) is 21.5 Å². The number of aromatic amines is 1.